The number of rotatable bonds is 11. The van der Waals surface area contributed by atoms with Crippen molar-refractivity contribution in [3.05, 3.63) is 90.5 Å². The van der Waals surface area contributed by atoms with Crippen LogP contribution in [0.2, 0.25) is 0 Å². The molecule has 32 heavy (non-hydrogen) atoms. The highest BCUT2D eigenvalue weighted by Gasteiger charge is 2.20. The van der Waals surface area contributed by atoms with Crippen molar-refractivity contribution in [3.8, 4) is 11.1 Å². The Kier molecular flexibility index (Phi) is 12.0. The zero-order valence-corrected chi connectivity index (χ0v) is 20.3. The quantitative estimate of drug-likeness (QED) is 0.239. The molecular formula is C28H37O3P. The second kappa shape index (κ2) is 14.8. The molecule has 0 aliphatic rings. The van der Waals surface area contributed by atoms with Gasteiger partial charge in [0.25, 0.3) is 0 Å². The Balaban J connectivity index is 0.000000258. The highest BCUT2D eigenvalue weighted by Crippen LogP contribution is 2.39. The van der Waals surface area contributed by atoms with Crippen LogP contribution in [0, 0.1) is 0 Å². The molecule has 4 heteroatoms. The van der Waals surface area contributed by atoms with Crippen LogP contribution in [0.25, 0.3) is 11.1 Å². The molecule has 0 spiro atoms. The van der Waals surface area contributed by atoms with Crippen LogP contribution in [0.4, 0.5) is 0 Å². The van der Waals surface area contributed by atoms with E-state index >= 15 is 0 Å². The minimum atomic E-state index is -3.54. The fourth-order valence-corrected chi connectivity index (χ4v) is 4.52. The summed E-state index contributed by atoms with van der Waals surface area (Å²) in [6.45, 7) is 4.20. The standard InChI is InChI=1S/C20H26.C8H11O3P/c1-2-3-4-5-6-8-11-18-14-16-20(17-15-18)19-12-9-7-10-13-19;1-2-11-12(9,10)8-6-4-3-5-7-8/h7,9-10,12-17H,2-6,8,11H2,1H3;3-7H,2H2,1H3,(H,9,10). The summed E-state index contributed by atoms with van der Waals surface area (Å²) in [4.78, 5) is 9.32. The van der Waals surface area contributed by atoms with Crippen LogP contribution in [0.1, 0.15) is 57.9 Å². The Bertz CT molecular complexity index is 908. The minimum Gasteiger partial charge on any atom is -0.321 e. The Morgan fingerprint density at radius 1 is 0.688 bits per heavy atom. The van der Waals surface area contributed by atoms with E-state index in [1.807, 2.05) is 0 Å². The Morgan fingerprint density at radius 3 is 1.81 bits per heavy atom. The van der Waals surface area contributed by atoms with Gasteiger partial charge < -0.3 is 9.42 Å². The second-order valence-corrected chi connectivity index (χ2v) is 9.67. The fraction of sp³-hybridized carbons (Fsp3) is 0.357. The third-order valence-electron chi connectivity index (χ3n) is 5.27. The van der Waals surface area contributed by atoms with Gasteiger partial charge in [-0.3, -0.25) is 4.57 Å². The summed E-state index contributed by atoms with van der Waals surface area (Å²) in [7, 11) is -3.54. The van der Waals surface area contributed by atoms with Crippen LogP contribution in [-0.2, 0) is 15.5 Å². The van der Waals surface area contributed by atoms with Crippen LogP contribution in [0.15, 0.2) is 84.9 Å². The molecule has 0 aromatic heterocycles. The van der Waals surface area contributed by atoms with Crippen LogP contribution in [0.5, 0.6) is 0 Å². The van der Waals surface area contributed by atoms with Gasteiger partial charge in [0.15, 0.2) is 0 Å². The highest BCUT2D eigenvalue weighted by molar-refractivity contribution is 7.61. The van der Waals surface area contributed by atoms with Crippen LogP contribution in [0.3, 0.4) is 0 Å². The minimum absolute atomic E-state index is 0.239. The molecule has 0 fully saturated rings. The van der Waals surface area contributed by atoms with Crippen LogP contribution >= 0.6 is 7.60 Å². The molecular weight excluding hydrogens is 415 g/mol. The van der Waals surface area contributed by atoms with Crippen molar-refractivity contribution in [2.45, 2.75) is 58.8 Å². The van der Waals surface area contributed by atoms with Gasteiger partial charge >= 0.3 is 7.60 Å². The first kappa shape index (κ1) is 26.1. The van der Waals surface area contributed by atoms with Gasteiger partial charge in [-0.05, 0) is 48.6 Å². The van der Waals surface area contributed by atoms with E-state index in [1.165, 1.54) is 61.6 Å². The second-order valence-electron chi connectivity index (χ2n) is 7.85. The topological polar surface area (TPSA) is 46.5 Å². The van der Waals surface area contributed by atoms with Crippen molar-refractivity contribution in [1.82, 2.24) is 0 Å². The first-order valence-corrected chi connectivity index (χ1v) is 13.3. The Morgan fingerprint density at radius 2 is 1.22 bits per heavy atom. The maximum Gasteiger partial charge on any atom is 0.358 e. The number of benzene rings is 3. The van der Waals surface area contributed by atoms with Gasteiger partial charge in [-0.1, -0.05) is 112 Å². The van der Waals surface area contributed by atoms with Gasteiger partial charge in [0, 0.05) is 0 Å². The first-order chi connectivity index (χ1) is 15.6. The van der Waals surface area contributed by atoms with E-state index in [2.05, 4.69) is 61.5 Å². The molecule has 0 heterocycles. The Hall–Kier alpha value is -2.19. The third-order valence-corrected chi connectivity index (χ3v) is 6.83. The van der Waals surface area contributed by atoms with E-state index in [-0.39, 0.29) is 6.61 Å². The van der Waals surface area contributed by atoms with E-state index in [0.717, 1.165) is 0 Å². The van der Waals surface area contributed by atoms with Crippen molar-refractivity contribution < 1.29 is 14.0 Å². The maximum absolute atomic E-state index is 11.3. The predicted octanol–water partition coefficient (Wildman–Crippen LogP) is 7.79. The van der Waals surface area contributed by atoms with Gasteiger partial charge in [0.2, 0.25) is 0 Å². The molecule has 0 bridgehead atoms. The highest BCUT2D eigenvalue weighted by atomic mass is 31.2. The summed E-state index contributed by atoms with van der Waals surface area (Å²) >= 11 is 0. The molecule has 3 rings (SSSR count). The first-order valence-electron chi connectivity index (χ1n) is 11.7. The number of aryl methyl sites for hydroxylation is 1. The van der Waals surface area contributed by atoms with Gasteiger partial charge in [-0.15, -0.1) is 0 Å². The summed E-state index contributed by atoms with van der Waals surface area (Å²) in [6, 6.07) is 28.0. The Labute approximate surface area is 194 Å². The summed E-state index contributed by atoms with van der Waals surface area (Å²) in [6.07, 6.45) is 9.46. The smallest absolute Gasteiger partial charge is 0.321 e. The predicted molar refractivity (Wildman–Crippen MR) is 136 cm³/mol. The van der Waals surface area contributed by atoms with Crippen molar-refractivity contribution >= 4 is 12.9 Å². The SMILES string of the molecule is CCCCCCCCc1ccc(-c2ccccc2)cc1.CCOP(=O)(O)c1ccccc1. The molecule has 1 N–H and O–H groups in total. The fourth-order valence-electron chi connectivity index (χ4n) is 3.47. The van der Waals surface area contributed by atoms with E-state index in [0.29, 0.717) is 5.30 Å². The molecule has 0 aliphatic heterocycles. The lowest BCUT2D eigenvalue weighted by Crippen LogP contribution is -2.05. The molecule has 0 aliphatic carbocycles. The molecule has 3 aromatic rings. The number of hydrogen-bond donors (Lipinski definition) is 1. The van der Waals surface area contributed by atoms with Crippen LogP contribution in [-0.4, -0.2) is 11.5 Å². The average molecular weight is 453 g/mol. The van der Waals surface area contributed by atoms with Gasteiger partial charge in [-0.2, -0.15) is 0 Å². The summed E-state index contributed by atoms with van der Waals surface area (Å²) in [5.74, 6) is 0. The maximum atomic E-state index is 11.3. The van der Waals surface area contributed by atoms with Gasteiger partial charge in [0.05, 0.1) is 11.9 Å². The zero-order chi connectivity index (χ0) is 23.1. The number of unbranched alkanes of at least 4 members (excludes halogenated alkanes) is 5. The van der Waals surface area contributed by atoms with E-state index < -0.39 is 7.60 Å². The largest absolute Gasteiger partial charge is 0.358 e. The summed E-state index contributed by atoms with van der Waals surface area (Å²) in [5.41, 5.74) is 4.09. The van der Waals surface area contributed by atoms with E-state index in [4.69, 9.17) is 4.52 Å². The summed E-state index contributed by atoms with van der Waals surface area (Å²) in [5, 5.41) is 0.340. The molecule has 3 aromatic carbocycles. The molecule has 0 saturated heterocycles. The normalized spacial score (nSPS) is 12.5. The lowest BCUT2D eigenvalue weighted by Gasteiger charge is -2.09. The van der Waals surface area contributed by atoms with E-state index in [9.17, 15) is 9.46 Å². The number of hydrogen-bond acceptors (Lipinski definition) is 2. The molecule has 0 radical (unpaired) electrons. The molecule has 0 amide bonds. The monoisotopic (exact) mass is 452 g/mol. The van der Waals surface area contributed by atoms with Crippen molar-refractivity contribution in [2.24, 2.45) is 0 Å². The lowest BCUT2D eigenvalue weighted by molar-refractivity contribution is 0.284. The molecule has 1 unspecified atom stereocenters. The van der Waals surface area contributed by atoms with Gasteiger partial charge in [0.1, 0.15) is 0 Å². The van der Waals surface area contributed by atoms with Crippen molar-refractivity contribution in [2.75, 3.05) is 6.61 Å². The third kappa shape index (κ3) is 9.53. The summed E-state index contributed by atoms with van der Waals surface area (Å²) < 4.78 is 16.1. The molecule has 3 nitrogen and oxygen atoms in total. The van der Waals surface area contributed by atoms with Gasteiger partial charge in [-0.25, -0.2) is 0 Å². The average Bonchev–Trinajstić information content (AvgIpc) is 2.83. The van der Waals surface area contributed by atoms with Crippen LogP contribution < -0.4 is 5.30 Å². The molecule has 1 atom stereocenters. The van der Waals surface area contributed by atoms with E-state index in [1.54, 1.807) is 37.3 Å². The van der Waals surface area contributed by atoms with Crippen molar-refractivity contribution in [3.63, 3.8) is 0 Å². The lowest BCUT2D eigenvalue weighted by atomic mass is 10.0. The molecule has 172 valence electrons. The molecule has 0 saturated carbocycles. The zero-order valence-electron chi connectivity index (χ0n) is 19.5. The van der Waals surface area contributed by atoms with Crippen molar-refractivity contribution in [1.29, 1.82) is 0 Å².